The molecule has 3 aromatic rings. The molecule has 1 aromatic heterocycles. The normalized spacial score (nSPS) is 10.9. The second-order valence-corrected chi connectivity index (χ2v) is 6.39. The summed E-state index contributed by atoms with van der Waals surface area (Å²) >= 11 is 0. The first-order chi connectivity index (χ1) is 12.9. The molecule has 1 heterocycles. The third kappa shape index (κ3) is 3.69. The summed E-state index contributed by atoms with van der Waals surface area (Å²) in [5.74, 6) is -0.272. The predicted octanol–water partition coefficient (Wildman–Crippen LogP) is 4.85. The second kappa shape index (κ2) is 7.61. The molecule has 5 nitrogen and oxygen atoms in total. The molecule has 0 N–H and O–H groups in total. The standard InChI is InChI=1S/C21H21FN2O3/c1-13(2)24(16-10-11-18(26-4)17(22)12-16)21(25)19-14(3)23-20(27-19)15-8-6-5-7-9-15/h5-13H,1-4H3. The summed E-state index contributed by atoms with van der Waals surface area (Å²) in [5.41, 5.74) is 1.69. The summed E-state index contributed by atoms with van der Waals surface area (Å²) in [7, 11) is 1.40. The van der Waals surface area contributed by atoms with Crippen LogP contribution in [0.15, 0.2) is 52.9 Å². The van der Waals surface area contributed by atoms with Gasteiger partial charge in [-0.25, -0.2) is 9.37 Å². The Morgan fingerprint density at radius 2 is 1.89 bits per heavy atom. The van der Waals surface area contributed by atoms with Gasteiger partial charge in [0, 0.05) is 23.4 Å². The fraction of sp³-hybridized carbons (Fsp3) is 0.238. The number of carbonyl (C=O) groups excluding carboxylic acids is 1. The maximum atomic E-state index is 14.1. The smallest absolute Gasteiger partial charge is 0.296 e. The number of aromatic nitrogens is 1. The number of methoxy groups -OCH3 is 1. The summed E-state index contributed by atoms with van der Waals surface area (Å²) in [6.45, 7) is 5.42. The molecule has 0 saturated heterocycles. The van der Waals surface area contributed by atoms with Gasteiger partial charge < -0.3 is 14.1 Å². The number of carbonyl (C=O) groups is 1. The van der Waals surface area contributed by atoms with E-state index >= 15 is 0 Å². The zero-order valence-corrected chi connectivity index (χ0v) is 15.7. The Morgan fingerprint density at radius 3 is 2.48 bits per heavy atom. The molecule has 0 aliphatic carbocycles. The van der Waals surface area contributed by atoms with Crippen molar-refractivity contribution in [1.29, 1.82) is 0 Å². The van der Waals surface area contributed by atoms with E-state index in [-0.39, 0.29) is 23.5 Å². The van der Waals surface area contributed by atoms with Gasteiger partial charge in [0.25, 0.3) is 5.91 Å². The first-order valence-electron chi connectivity index (χ1n) is 8.62. The van der Waals surface area contributed by atoms with E-state index in [0.717, 1.165) is 5.56 Å². The van der Waals surface area contributed by atoms with Crippen molar-refractivity contribution in [2.45, 2.75) is 26.8 Å². The Balaban J connectivity index is 1.99. The highest BCUT2D eigenvalue weighted by Crippen LogP contribution is 2.28. The van der Waals surface area contributed by atoms with E-state index < -0.39 is 5.82 Å². The van der Waals surface area contributed by atoms with Crippen LogP contribution in [0.3, 0.4) is 0 Å². The number of rotatable bonds is 5. The van der Waals surface area contributed by atoms with E-state index in [2.05, 4.69) is 4.98 Å². The summed E-state index contributed by atoms with van der Waals surface area (Å²) in [6, 6.07) is 13.6. The lowest BCUT2D eigenvalue weighted by molar-refractivity contribution is 0.0953. The zero-order valence-electron chi connectivity index (χ0n) is 15.7. The number of ether oxygens (including phenoxy) is 1. The van der Waals surface area contributed by atoms with Crippen LogP contribution < -0.4 is 9.64 Å². The highest BCUT2D eigenvalue weighted by Gasteiger charge is 2.27. The number of amides is 1. The van der Waals surface area contributed by atoms with Gasteiger partial charge in [-0.15, -0.1) is 0 Å². The third-order valence-electron chi connectivity index (χ3n) is 4.16. The van der Waals surface area contributed by atoms with Gasteiger partial charge in [-0.05, 0) is 45.0 Å². The van der Waals surface area contributed by atoms with Crippen LogP contribution in [0.4, 0.5) is 10.1 Å². The molecule has 0 saturated carbocycles. The summed E-state index contributed by atoms with van der Waals surface area (Å²) < 4.78 is 24.9. The SMILES string of the molecule is COc1ccc(N(C(=O)c2oc(-c3ccccc3)nc2C)C(C)C)cc1F. The number of halogens is 1. The van der Waals surface area contributed by atoms with Gasteiger partial charge in [0.1, 0.15) is 0 Å². The topological polar surface area (TPSA) is 55.6 Å². The van der Waals surface area contributed by atoms with Crippen LogP contribution in [0.5, 0.6) is 5.75 Å². The first kappa shape index (κ1) is 18.6. The highest BCUT2D eigenvalue weighted by atomic mass is 19.1. The maximum Gasteiger partial charge on any atom is 0.296 e. The number of oxazole rings is 1. The van der Waals surface area contributed by atoms with Crippen LogP contribution in [0.2, 0.25) is 0 Å². The Morgan fingerprint density at radius 1 is 1.19 bits per heavy atom. The molecule has 1 amide bonds. The summed E-state index contributed by atoms with van der Waals surface area (Å²) in [5, 5.41) is 0. The minimum Gasteiger partial charge on any atom is -0.494 e. The van der Waals surface area contributed by atoms with Crippen LogP contribution in [0.25, 0.3) is 11.5 Å². The van der Waals surface area contributed by atoms with Gasteiger partial charge >= 0.3 is 0 Å². The Kier molecular flexibility index (Phi) is 5.26. The number of benzene rings is 2. The second-order valence-electron chi connectivity index (χ2n) is 6.39. The average Bonchev–Trinajstić information content (AvgIpc) is 3.04. The largest absolute Gasteiger partial charge is 0.494 e. The van der Waals surface area contributed by atoms with Crippen LogP contribution in [-0.4, -0.2) is 24.0 Å². The molecular weight excluding hydrogens is 347 g/mol. The molecule has 27 heavy (non-hydrogen) atoms. The van der Waals surface area contributed by atoms with Gasteiger partial charge in [0.15, 0.2) is 11.6 Å². The molecule has 3 rings (SSSR count). The van der Waals surface area contributed by atoms with Crippen molar-refractivity contribution in [2.24, 2.45) is 0 Å². The van der Waals surface area contributed by atoms with Gasteiger partial charge in [-0.1, -0.05) is 18.2 Å². The summed E-state index contributed by atoms with van der Waals surface area (Å²) in [6.07, 6.45) is 0. The minimum atomic E-state index is -0.535. The fourth-order valence-electron chi connectivity index (χ4n) is 2.86. The zero-order chi connectivity index (χ0) is 19.6. The first-order valence-corrected chi connectivity index (χ1v) is 8.62. The van der Waals surface area contributed by atoms with E-state index in [9.17, 15) is 9.18 Å². The van der Waals surface area contributed by atoms with E-state index in [0.29, 0.717) is 17.3 Å². The molecule has 0 unspecified atom stereocenters. The third-order valence-corrected chi connectivity index (χ3v) is 4.16. The molecule has 0 aliphatic rings. The number of hydrogen-bond donors (Lipinski definition) is 0. The van der Waals surface area contributed by atoms with Gasteiger partial charge in [0.2, 0.25) is 11.7 Å². The molecule has 0 bridgehead atoms. The van der Waals surface area contributed by atoms with E-state index in [1.54, 1.807) is 13.0 Å². The van der Waals surface area contributed by atoms with Crippen LogP contribution in [0.1, 0.15) is 30.1 Å². The lowest BCUT2D eigenvalue weighted by Gasteiger charge is -2.26. The Labute approximate surface area is 157 Å². The number of nitrogens with zero attached hydrogens (tertiary/aromatic N) is 2. The van der Waals surface area contributed by atoms with E-state index in [1.165, 1.54) is 24.1 Å². The molecule has 0 aliphatic heterocycles. The molecular formula is C21H21FN2O3. The maximum absolute atomic E-state index is 14.1. The summed E-state index contributed by atoms with van der Waals surface area (Å²) in [4.78, 5) is 19.0. The van der Waals surface area contributed by atoms with Crippen molar-refractivity contribution in [3.8, 4) is 17.2 Å². The highest BCUT2D eigenvalue weighted by molar-refractivity contribution is 6.05. The number of anilines is 1. The molecule has 0 radical (unpaired) electrons. The lowest BCUT2D eigenvalue weighted by Crippen LogP contribution is -2.37. The van der Waals surface area contributed by atoms with Crippen molar-refractivity contribution in [3.05, 3.63) is 65.8 Å². The van der Waals surface area contributed by atoms with Gasteiger partial charge in [0.05, 0.1) is 12.8 Å². The molecule has 6 heteroatoms. The van der Waals surface area contributed by atoms with Crippen LogP contribution >= 0.6 is 0 Å². The number of aryl methyl sites for hydroxylation is 1. The van der Waals surface area contributed by atoms with E-state index in [4.69, 9.17) is 9.15 Å². The molecule has 2 aromatic carbocycles. The van der Waals surface area contributed by atoms with Gasteiger partial charge in [-0.3, -0.25) is 4.79 Å². The molecule has 0 spiro atoms. The van der Waals surface area contributed by atoms with Crippen molar-refractivity contribution in [3.63, 3.8) is 0 Å². The molecule has 140 valence electrons. The lowest BCUT2D eigenvalue weighted by atomic mass is 10.2. The van der Waals surface area contributed by atoms with Crippen LogP contribution in [0, 0.1) is 12.7 Å². The van der Waals surface area contributed by atoms with Crippen molar-refractivity contribution < 1.29 is 18.3 Å². The average molecular weight is 368 g/mol. The van der Waals surface area contributed by atoms with Crippen molar-refractivity contribution >= 4 is 11.6 Å². The predicted molar refractivity (Wildman–Crippen MR) is 102 cm³/mol. The molecule has 0 fully saturated rings. The Hall–Kier alpha value is -3.15. The van der Waals surface area contributed by atoms with E-state index in [1.807, 2.05) is 44.2 Å². The molecule has 0 atom stereocenters. The van der Waals surface area contributed by atoms with Crippen molar-refractivity contribution in [1.82, 2.24) is 4.98 Å². The van der Waals surface area contributed by atoms with Gasteiger partial charge in [-0.2, -0.15) is 0 Å². The van der Waals surface area contributed by atoms with Crippen LogP contribution in [-0.2, 0) is 0 Å². The van der Waals surface area contributed by atoms with Crippen molar-refractivity contribution in [2.75, 3.05) is 12.0 Å². The minimum absolute atomic E-state index is 0.122. The monoisotopic (exact) mass is 368 g/mol. The Bertz CT molecular complexity index is 951. The number of hydrogen-bond acceptors (Lipinski definition) is 4. The quantitative estimate of drug-likeness (QED) is 0.646. The fourth-order valence-corrected chi connectivity index (χ4v) is 2.86.